The predicted octanol–water partition coefficient (Wildman–Crippen LogP) is 3.90. The van der Waals surface area contributed by atoms with Crippen LogP contribution in [-0.2, 0) is 9.47 Å². The van der Waals surface area contributed by atoms with Gasteiger partial charge in [0.15, 0.2) is 0 Å². The Morgan fingerprint density at radius 2 is 2.08 bits per heavy atom. The summed E-state index contributed by atoms with van der Waals surface area (Å²) in [5, 5.41) is 3.24. The Balaban J connectivity index is 1.60. The van der Waals surface area contributed by atoms with Crippen molar-refractivity contribution in [3.8, 4) is 0 Å². The summed E-state index contributed by atoms with van der Waals surface area (Å²) in [6.07, 6.45) is 5.41. The van der Waals surface area contributed by atoms with Crippen molar-refractivity contribution in [2.24, 2.45) is 5.92 Å². The molecule has 0 saturated carbocycles. The zero-order valence-electron chi connectivity index (χ0n) is 15.5. The second kappa shape index (κ2) is 8.81. The summed E-state index contributed by atoms with van der Waals surface area (Å²) in [7, 11) is 0. The van der Waals surface area contributed by atoms with E-state index in [2.05, 4.69) is 25.2 Å². The summed E-state index contributed by atoms with van der Waals surface area (Å²) < 4.78 is 11.4. The molecule has 2 heterocycles. The molecule has 3 atom stereocenters. The summed E-state index contributed by atoms with van der Waals surface area (Å²) in [6.45, 7) is 6.77. The van der Waals surface area contributed by atoms with Crippen molar-refractivity contribution in [1.29, 1.82) is 0 Å². The third-order valence-electron chi connectivity index (χ3n) is 5.77. The lowest BCUT2D eigenvalue weighted by Gasteiger charge is -2.34. The fourth-order valence-corrected chi connectivity index (χ4v) is 4.10. The highest BCUT2D eigenvalue weighted by atomic mass is 16.5. The van der Waals surface area contributed by atoms with Crippen molar-refractivity contribution >= 4 is 5.91 Å². The van der Waals surface area contributed by atoms with Crippen LogP contribution in [0.4, 0.5) is 0 Å². The molecule has 1 amide bonds. The van der Waals surface area contributed by atoms with Crippen molar-refractivity contribution in [1.82, 2.24) is 5.32 Å². The molecule has 0 aliphatic carbocycles. The van der Waals surface area contributed by atoms with Crippen LogP contribution in [0.15, 0.2) is 24.3 Å². The fraction of sp³-hybridized carbons (Fsp3) is 0.667. The molecule has 0 aromatic heterocycles. The van der Waals surface area contributed by atoms with E-state index in [-0.39, 0.29) is 18.1 Å². The second-order valence-corrected chi connectivity index (χ2v) is 7.37. The first-order chi connectivity index (χ1) is 12.2. The molecule has 2 saturated heterocycles. The van der Waals surface area contributed by atoms with Crippen LogP contribution in [0.25, 0.3) is 0 Å². The lowest BCUT2D eigenvalue weighted by atomic mass is 9.89. The first-order valence-electron chi connectivity index (χ1n) is 9.81. The number of nitrogens with one attached hydrogen (secondary N) is 1. The third-order valence-corrected chi connectivity index (χ3v) is 5.77. The zero-order valence-corrected chi connectivity index (χ0v) is 15.5. The van der Waals surface area contributed by atoms with E-state index < -0.39 is 0 Å². The summed E-state index contributed by atoms with van der Waals surface area (Å²) in [6, 6.07) is 8.25. The van der Waals surface area contributed by atoms with Gasteiger partial charge in [-0.3, -0.25) is 4.79 Å². The molecule has 2 aliphatic rings. The number of hydrogen-bond donors (Lipinski definition) is 1. The van der Waals surface area contributed by atoms with E-state index >= 15 is 0 Å². The van der Waals surface area contributed by atoms with E-state index in [9.17, 15) is 4.79 Å². The van der Waals surface area contributed by atoms with Gasteiger partial charge in [-0.1, -0.05) is 38.8 Å². The van der Waals surface area contributed by atoms with Crippen LogP contribution < -0.4 is 5.32 Å². The molecular weight excluding hydrogens is 314 g/mol. The lowest BCUT2D eigenvalue weighted by Crippen LogP contribution is -2.44. The summed E-state index contributed by atoms with van der Waals surface area (Å²) in [4.78, 5) is 12.7. The number of carbonyl (C=O) groups is 1. The number of hydrogen-bond acceptors (Lipinski definition) is 3. The molecule has 138 valence electrons. The SMILES string of the molecule is CCC(CC)[C@@H]1C[C@@H](NC(=O)c2cccc([C@H]3CCOC3)c2)CCO1. The highest BCUT2D eigenvalue weighted by molar-refractivity contribution is 5.94. The minimum Gasteiger partial charge on any atom is -0.381 e. The second-order valence-electron chi connectivity index (χ2n) is 7.37. The van der Waals surface area contributed by atoms with E-state index in [1.807, 2.05) is 18.2 Å². The van der Waals surface area contributed by atoms with Crippen LogP contribution >= 0.6 is 0 Å². The van der Waals surface area contributed by atoms with Crippen LogP contribution in [0.1, 0.15) is 67.8 Å². The Hall–Kier alpha value is -1.39. The average molecular weight is 345 g/mol. The van der Waals surface area contributed by atoms with E-state index in [0.717, 1.165) is 57.5 Å². The maximum atomic E-state index is 12.7. The first-order valence-corrected chi connectivity index (χ1v) is 9.81. The molecular formula is C21H31NO3. The number of rotatable bonds is 6. The van der Waals surface area contributed by atoms with E-state index in [4.69, 9.17) is 9.47 Å². The van der Waals surface area contributed by atoms with Crippen LogP contribution in [0.2, 0.25) is 0 Å². The zero-order chi connectivity index (χ0) is 17.6. The molecule has 1 aromatic rings. The third kappa shape index (κ3) is 4.62. The fourth-order valence-electron chi connectivity index (χ4n) is 4.10. The molecule has 0 radical (unpaired) electrons. The number of amides is 1. The van der Waals surface area contributed by atoms with Crippen molar-refractivity contribution in [2.75, 3.05) is 19.8 Å². The monoisotopic (exact) mass is 345 g/mol. The minimum atomic E-state index is 0.0379. The Bertz CT molecular complexity index is 564. The smallest absolute Gasteiger partial charge is 0.251 e. The maximum absolute atomic E-state index is 12.7. The molecule has 0 bridgehead atoms. The van der Waals surface area contributed by atoms with E-state index in [1.165, 1.54) is 5.56 Å². The molecule has 2 aliphatic heterocycles. The largest absolute Gasteiger partial charge is 0.381 e. The van der Waals surface area contributed by atoms with Crippen molar-refractivity contribution in [3.05, 3.63) is 35.4 Å². The number of benzene rings is 1. The molecule has 4 nitrogen and oxygen atoms in total. The minimum absolute atomic E-state index is 0.0379. The van der Waals surface area contributed by atoms with Crippen LogP contribution in [-0.4, -0.2) is 37.9 Å². The van der Waals surface area contributed by atoms with Gasteiger partial charge in [0.2, 0.25) is 0 Å². The predicted molar refractivity (Wildman–Crippen MR) is 98.9 cm³/mol. The molecule has 3 rings (SSSR count). The molecule has 0 unspecified atom stereocenters. The Labute approximate surface area is 151 Å². The molecule has 1 N–H and O–H groups in total. The molecule has 2 fully saturated rings. The summed E-state index contributed by atoms with van der Waals surface area (Å²) >= 11 is 0. The van der Waals surface area contributed by atoms with Crippen LogP contribution in [0.5, 0.6) is 0 Å². The molecule has 4 heteroatoms. The van der Waals surface area contributed by atoms with Gasteiger partial charge in [-0.05, 0) is 42.9 Å². The summed E-state index contributed by atoms with van der Waals surface area (Å²) in [5.74, 6) is 1.05. The van der Waals surface area contributed by atoms with Gasteiger partial charge in [-0.2, -0.15) is 0 Å². The summed E-state index contributed by atoms with van der Waals surface area (Å²) in [5.41, 5.74) is 1.97. The van der Waals surface area contributed by atoms with Gasteiger partial charge in [0.1, 0.15) is 0 Å². The maximum Gasteiger partial charge on any atom is 0.251 e. The van der Waals surface area contributed by atoms with Gasteiger partial charge < -0.3 is 14.8 Å². The first kappa shape index (κ1) is 18.4. The van der Waals surface area contributed by atoms with Gasteiger partial charge in [-0.15, -0.1) is 0 Å². The Morgan fingerprint density at radius 3 is 2.80 bits per heavy atom. The highest BCUT2D eigenvalue weighted by Crippen LogP contribution is 2.27. The van der Waals surface area contributed by atoms with Gasteiger partial charge in [0.25, 0.3) is 5.91 Å². The number of ether oxygens (including phenoxy) is 2. The van der Waals surface area contributed by atoms with Gasteiger partial charge in [0.05, 0.1) is 12.7 Å². The Morgan fingerprint density at radius 1 is 1.24 bits per heavy atom. The quantitative estimate of drug-likeness (QED) is 0.850. The topological polar surface area (TPSA) is 47.6 Å². The van der Waals surface area contributed by atoms with Crippen molar-refractivity contribution in [3.63, 3.8) is 0 Å². The van der Waals surface area contributed by atoms with Gasteiger partial charge >= 0.3 is 0 Å². The van der Waals surface area contributed by atoms with Gasteiger partial charge in [-0.25, -0.2) is 0 Å². The van der Waals surface area contributed by atoms with Crippen LogP contribution in [0, 0.1) is 5.92 Å². The van der Waals surface area contributed by atoms with Crippen LogP contribution in [0.3, 0.4) is 0 Å². The van der Waals surface area contributed by atoms with E-state index in [0.29, 0.717) is 11.8 Å². The molecule has 1 aromatic carbocycles. The van der Waals surface area contributed by atoms with E-state index in [1.54, 1.807) is 0 Å². The van der Waals surface area contributed by atoms with Gasteiger partial charge in [0, 0.05) is 30.7 Å². The van der Waals surface area contributed by atoms with Crippen molar-refractivity contribution < 1.29 is 14.3 Å². The highest BCUT2D eigenvalue weighted by Gasteiger charge is 2.28. The average Bonchev–Trinajstić information content (AvgIpc) is 3.18. The Kier molecular flexibility index (Phi) is 6.49. The normalized spacial score (nSPS) is 26.8. The standard InChI is InChI=1S/C21H31NO3/c1-3-15(4-2)20-13-19(9-11-25-20)22-21(23)17-7-5-6-16(12-17)18-8-10-24-14-18/h5-7,12,15,18-20H,3-4,8-11,13-14H2,1-2H3,(H,22,23)/t18-,19-,20-/m0/s1. The molecule has 0 spiro atoms. The lowest BCUT2D eigenvalue weighted by molar-refractivity contribution is -0.0337. The number of carbonyl (C=O) groups excluding carboxylic acids is 1. The molecule has 25 heavy (non-hydrogen) atoms. The van der Waals surface area contributed by atoms with Crippen molar-refractivity contribution in [2.45, 2.75) is 64.0 Å².